The minimum atomic E-state index is 0. The first-order valence-corrected chi connectivity index (χ1v) is 5.43. The van der Waals surface area contributed by atoms with Gasteiger partial charge in [-0.25, -0.2) is 0 Å². The van der Waals surface area contributed by atoms with Crippen LogP contribution in [0.4, 0.5) is 0 Å². The molecule has 1 aromatic heterocycles. The number of aromatic nitrogens is 1. The summed E-state index contributed by atoms with van der Waals surface area (Å²) < 4.78 is 0. The Kier molecular flexibility index (Phi) is 9.21. The van der Waals surface area contributed by atoms with Gasteiger partial charge in [0.25, 0.3) is 0 Å². The lowest BCUT2D eigenvalue weighted by molar-refractivity contribution is 0.394. The van der Waals surface area contributed by atoms with Gasteiger partial charge in [-0.3, -0.25) is 4.98 Å². The zero-order valence-corrected chi connectivity index (χ0v) is 13.7. The lowest BCUT2D eigenvalue weighted by Crippen LogP contribution is -2.15. The molecule has 0 fully saturated rings. The monoisotopic (exact) mass is 313 g/mol. The summed E-state index contributed by atoms with van der Waals surface area (Å²) in [5.41, 5.74) is 6.67. The van der Waals surface area contributed by atoms with E-state index in [-0.39, 0.29) is 37.2 Å². The third-order valence-corrected chi connectivity index (χ3v) is 3.08. The second-order valence-corrected chi connectivity index (χ2v) is 4.57. The molecule has 18 heavy (non-hydrogen) atoms. The third kappa shape index (κ3) is 3.97. The molecule has 0 amide bonds. The summed E-state index contributed by atoms with van der Waals surface area (Å²) in [5, 5.41) is 3.41. The van der Waals surface area contributed by atoms with Crippen LogP contribution < -0.4 is 5.32 Å². The molecule has 0 spiro atoms. The van der Waals surface area contributed by atoms with Crippen molar-refractivity contribution in [3.8, 4) is 0 Å². The van der Waals surface area contributed by atoms with Crippen LogP contribution in [0, 0.1) is 13.8 Å². The highest BCUT2D eigenvalue weighted by atomic mass is 35.5. The fraction of sp³-hybridized carbons (Fsp3) is 0.583. The molecule has 0 aromatic carbocycles. The molecule has 0 atom stereocenters. The SMILES string of the molecule is Cc1nc(CN(C)C)c2c(c1C)CNC2.Cl.Cl.Cl. The second-order valence-electron chi connectivity index (χ2n) is 4.57. The molecule has 6 heteroatoms. The summed E-state index contributed by atoms with van der Waals surface area (Å²) >= 11 is 0. The van der Waals surface area contributed by atoms with Crippen molar-refractivity contribution in [2.75, 3.05) is 14.1 Å². The quantitative estimate of drug-likeness (QED) is 0.909. The van der Waals surface area contributed by atoms with E-state index in [0.717, 1.165) is 19.6 Å². The number of hydrogen-bond donors (Lipinski definition) is 1. The van der Waals surface area contributed by atoms with Crippen molar-refractivity contribution < 1.29 is 0 Å². The summed E-state index contributed by atoms with van der Waals surface area (Å²) in [6.45, 7) is 7.20. The van der Waals surface area contributed by atoms with Gasteiger partial charge in [-0.1, -0.05) is 0 Å². The molecule has 106 valence electrons. The number of nitrogens with one attached hydrogen (secondary N) is 1. The Bertz CT molecular complexity index is 395. The molecular weight excluding hydrogens is 293 g/mol. The molecule has 0 saturated heterocycles. The smallest absolute Gasteiger partial charge is 0.0595 e. The Morgan fingerprint density at radius 2 is 1.61 bits per heavy atom. The number of hydrogen-bond acceptors (Lipinski definition) is 3. The van der Waals surface area contributed by atoms with Crippen LogP contribution in [0.3, 0.4) is 0 Å². The van der Waals surface area contributed by atoms with Crippen molar-refractivity contribution >= 4 is 37.2 Å². The first-order valence-electron chi connectivity index (χ1n) is 5.43. The van der Waals surface area contributed by atoms with Crippen LogP contribution in [0.1, 0.15) is 28.1 Å². The molecule has 0 radical (unpaired) electrons. The van der Waals surface area contributed by atoms with Crippen LogP contribution in [0.25, 0.3) is 0 Å². The van der Waals surface area contributed by atoms with Gasteiger partial charge in [0.05, 0.1) is 5.69 Å². The largest absolute Gasteiger partial charge is 0.309 e. The number of fused-ring (bicyclic) bond motifs is 1. The number of pyridine rings is 1. The van der Waals surface area contributed by atoms with E-state index in [9.17, 15) is 0 Å². The minimum Gasteiger partial charge on any atom is -0.309 e. The maximum Gasteiger partial charge on any atom is 0.0595 e. The summed E-state index contributed by atoms with van der Waals surface area (Å²) in [7, 11) is 4.18. The summed E-state index contributed by atoms with van der Waals surface area (Å²) in [5.74, 6) is 0. The van der Waals surface area contributed by atoms with E-state index >= 15 is 0 Å². The maximum absolute atomic E-state index is 4.70. The van der Waals surface area contributed by atoms with Gasteiger partial charge in [0.1, 0.15) is 0 Å². The molecule has 2 heterocycles. The summed E-state index contributed by atoms with van der Waals surface area (Å²) in [4.78, 5) is 6.88. The van der Waals surface area contributed by atoms with Gasteiger partial charge in [0.15, 0.2) is 0 Å². The lowest BCUT2D eigenvalue weighted by atomic mass is 10.0. The van der Waals surface area contributed by atoms with Crippen molar-refractivity contribution in [3.63, 3.8) is 0 Å². The van der Waals surface area contributed by atoms with E-state index in [4.69, 9.17) is 4.98 Å². The predicted octanol–water partition coefficient (Wildman–Crippen LogP) is 2.63. The molecule has 1 aliphatic heterocycles. The maximum atomic E-state index is 4.70. The zero-order valence-electron chi connectivity index (χ0n) is 11.2. The fourth-order valence-corrected chi connectivity index (χ4v) is 2.16. The molecule has 1 N–H and O–H groups in total. The number of nitrogens with zero attached hydrogens (tertiary/aromatic N) is 2. The highest BCUT2D eigenvalue weighted by Gasteiger charge is 2.19. The van der Waals surface area contributed by atoms with E-state index in [1.54, 1.807) is 0 Å². The van der Waals surface area contributed by atoms with Crippen molar-refractivity contribution in [1.82, 2.24) is 15.2 Å². The van der Waals surface area contributed by atoms with Crippen molar-refractivity contribution in [1.29, 1.82) is 0 Å². The van der Waals surface area contributed by atoms with Gasteiger partial charge in [-0.05, 0) is 44.6 Å². The normalized spacial score (nSPS) is 12.3. The molecule has 1 aliphatic rings. The molecule has 0 bridgehead atoms. The first-order chi connectivity index (χ1) is 7.09. The van der Waals surface area contributed by atoms with Gasteiger partial charge < -0.3 is 10.2 Å². The van der Waals surface area contributed by atoms with E-state index in [1.165, 1.54) is 28.1 Å². The Hall–Kier alpha value is -0.0600. The van der Waals surface area contributed by atoms with E-state index < -0.39 is 0 Å². The van der Waals surface area contributed by atoms with Gasteiger partial charge >= 0.3 is 0 Å². The third-order valence-electron chi connectivity index (χ3n) is 3.08. The molecule has 3 nitrogen and oxygen atoms in total. The minimum absolute atomic E-state index is 0. The van der Waals surface area contributed by atoms with Crippen molar-refractivity contribution in [3.05, 3.63) is 28.1 Å². The van der Waals surface area contributed by atoms with Gasteiger partial charge in [0.2, 0.25) is 0 Å². The highest BCUT2D eigenvalue weighted by molar-refractivity contribution is 5.86. The predicted molar refractivity (Wildman–Crippen MR) is 83.4 cm³/mol. The van der Waals surface area contributed by atoms with E-state index in [0.29, 0.717) is 0 Å². The summed E-state index contributed by atoms with van der Waals surface area (Å²) in [6, 6.07) is 0. The van der Waals surface area contributed by atoms with Crippen LogP contribution in [-0.2, 0) is 19.6 Å². The zero-order chi connectivity index (χ0) is 11.0. The Morgan fingerprint density at radius 3 is 2.17 bits per heavy atom. The van der Waals surface area contributed by atoms with Gasteiger partial charge in [-0.2, -0.15) is 0 Å². The second kappa shape index (κ2) is 8.18. The lowest BCUT2D eigenvalue weighted by Gasteiger charge is -2.15. The van der Waals surface area contributed by atoms with Crippen molar-refractivity contribution in [2.45, 2.75) is 33.5 Å². The molecule has 0 saturated carbocycles. The molecule has 2 rings (SSSR count). The van der Waals surface area contributed by atoms with Crippen LogP contribution in [-0.4, -0.2) is 24.0 Å². The molecular formula is C12H22Cl3N3. The van der Waals surface area contributed by atoms with Crippen LogP contribution >= 0.6 is 37.2 Å². The standard InChI is InChI=1S/C12H19N3.3ClH/c1-8-9(2)14-12(7-15(3)4)11-6-13-5-10(8)11;;;/h13H,5-7H2,1-4H3;3*1H. The topological polar surface area (TPSA) is 28.2 Å². The Morgan fingerprint density at radius 1 is 1.06 bits per heavy atom. The van der Waals surface area contributed by atoms with Crippen molar-refractivity contribution in [2.24, 2.45) is 0 Å². The Labute approximate surface area is 128 Å². The van der Waals surface area contributed by atoms with Crippen LogP contribution in [0.15, 0.2) is 0 Å². The van der Waals surface area contributed by atoms with Gasteiger partial charge in [0, 0.05) is 25.3 Å². The number of rotatable bonds is 2. The number of halogens is 3. The van der Waals surface area contributed by atoms with Crippen LogP contribution in [0.2, 0.25) is 0 Å². The van der Waals surface area contributed by atoms with E-state index in [1.807, 2.05) is 0 Å². The fourth-order valence-electron chi connectivity index (χ4n) is 2.16. The number of aryl methyl sites for hydroxylation is 1. The highest BCUT2D eigenvalue weighted by Crippen LogP contribution is 2.24. The average Bonchev–Trinajstić information content (AvgIpc) is 2.61. The van der Waals surface area contributed by atoms with Crippen LogP contribution in [0.5, 0.6) is 0 Å². The molecule has 0 aliphatic carbocycles. The first kappa shape index (κ1) is 20.3. The average molecular weight is 315 g/mol. The molecule has 1 aromatic rings. The molecule has 0 unspecified atom stereocenters. The summed E-state index contributed by atoms with van der Waals surface area (Å²) in [6.07, 6.45) is 0. The van der Waals surface area contributed by atoms with Gasteiger partial charge in [-0.15, -0.1) is 37.2 Å². The van der Waals surface area contributed by atoms with E-state index in [2.05, 4.69) is 38.2 Å². The Balaban J connectivity index is 0.